The first kappa shape index (κ1) is 19.5. The fourth-order valence-corrected chi connectivity index (χ4v) is 4.28. The van der Waals surface area contributed by atoms with E-state index in [0.29, 0.717) is 32.0 Å². The van der Waals surface area contributed by atoms with Gasteiger partial charge in [-0.2, -0.15) is 8.78 Å². The summed E-state index contributed by atoms with van der Waals surface area (Å²) in [5.74, 6) is 1.04. The van der Waals surface area contributed by atoms with Gasteiger partial charge in [0.15, 0.2) is 0 Å². The van der Waals surface area contributed by atoms with Gasteiger partial charge < -0.3 is 9.64 Å². The van der Waals surface area contributed by atoms with Crippen LogP contribution in [0, 0.1) is 5.92 Å². The second-order valence-electron chi connectivity index (χ2n) is 7.14. The first-order chi connectivity index (χ1) is 12.5. The molecule has 1 aromatic carbocycles. The number of carbonyl (C=O) groups excluding carboxylic acids is 1. The summed E-state index contributed by atoms with van der Waals surface area (Å²) in [6, 6.07) is 5.07. The van der Waals surface area contributed by atoms with E-state index in [1.165, 1.54) is 25.7 Å². The Morgan fingerprint density at radius 1 is 1.19 bits per heavy atom. The lowest BCUT2D eigenvalue weighted by Crippen LogP contribution is -2.48. The third kappa shape index (κ3) is 5.39. The highest BCUT2D eigenvalue weighted by molar-refractivity contribution is 9.10. The summed E-state index contributed by atoms with van der Waals surface area (Å²) in [4.78, 5) is 16.6. The van der Waals surface area contributed by atoms with Gasteiger partial charge in [0.1, 0.15) is 5.75 Å². The maximum absolute atomic E-state index is 12.6. The van der Waals surface area contributed by atoms with Crippen molar-refractivity contribution < 1.29 is 18.3 Å². The minimum atomic E-state index is -2.83. The number of ether oxygens (including phenoxy) is 1. The van der Waals surface area contributed by atoms with Crippen molar-refractivity contribution in [2.24, 2.45) is 5.92 Å². The summed E-state index contributed by atoms with van der Waals surface area (Å²) in [6.45, 7) is 0.593. The van der Waals surface area contributed by atoms with Gasteiger partial charge in [0, 0.05) is 49.2 Å². The van der Waals surface area contributed by atoms with E-state index in [9.17, 15) is 13.6 Å². The average molecular weight is 431 g/mol. The van der Waals surface area contributed by atoms with Crippen LogP contribution in [-0.4, -0.2) is 48.5 Å². The third-order valence-electron chi connectivity index (χ3n) is 5.30. The molecule has 1 aliphatic heterocycles. The molecule has 1 heterocycles. The number of hydrogen-bond donors (Lipinski definition) is 0. The molecule has 0 unspecified atom stereocenters. The molecule has 1 aromatic rings. The molecule has 0 N–H and O–H groups in total. The molecule has 0 spiro atoms. The first-order valence-corrected chi connectivity index (χ1v) is 10.0. The van der Waals surface area contributed by atoms with E-state index < -0.39 is 6.61 Å². The van der Waals surface area contributed by atoms with Gasteiger partial charge in [-0.15, -0.1) is 0 Å². The van der Waals surface area contributed by atoms with E-state index in [2.05, 4.69) is 25.6 Å². The van der Waals surface area contributed by atoms with Gasteiger partial charge in [-0.3, -0.25) is 9.69 Å². The van der Waals surface area contributed by atoms with Crippen LogP contribution < -0.4 is 4.74 Å². The van der Waals surface area contributed by atoms with Crippen molar-refractivity contribution in [1.82, 2.24) is 9.80 Å². The number of piperazine rings is 1. The van der Waals surface area contributed by atoms with E-state index in [0.717, 1.165) is 23.1 Å². The zero-order chi connectivity index (χ0) is 18.5. The van der Waals surface area contributed by atoms with Gasteiger partial charge in [-0.25, -0.2) is 0 Å². The van der Waals surface area contributed by atoms with Gasteiger partial charge in [-0.1, -0.05) is 28.8 Å². The Labute approximate surface area is 161 Å². The van der Waals surface area contributed by atoms with Crippen LogP contribution in [0.2, 0.25) is 0 Å². The van der Waals surface area contributed by atoms with Crippen LogP contribution in [0.5, 0.6) is 5.75 Å². The predicted octanol–water partition coefficient (Wildman–Crippen LogP) is 4.28. The summed E-state index contributed by atoms with van der Waals surface area (Å²) in [5, 5.41) is 0. The van der Waals surface area contributed by atoms with Crippen molar-refractivity contribution in [1.29, 1.82) is 0 Å². The molecule has 1 saturated heterocycles. The number of amides is 1. The van der Waals surface area contributed by atoms with E-state index in [-0.39, 0.29) is 11.7 Å². The van der Waals surface area contributed by atoms with Crippen LogP contribution in [0.3, 0.4) is 0 Å². The lowest BCUT2D eigenvalue weighted by Gasteiger charge is -2.35. The topological polar surface area (TPSA) is 32.8 Å². The number of benzene rings is 1. The molecule has 2 fully saturated rings. The number of rotatable bonds is 6. The summed E-state index contributed by atoms with van der Waals surface area (Å²) in [5.41, 5.74) is 0.727. The van der Waals surface area contributed by atoms with Crippen molar-refractivity contribution >= 4 is 21.8 Å². The fourth-order valence-electron chi connectivity index (χ4n) is 3.87. The molecule has 0 bridgehead atoms. The van der Waals surface area contributed by atoms with E-state index in [1.807, 2.05) is 11.0 Å². The molecule has 1 amide bonds. The van der Waals surface area contributed by atoms with Crippen molar-refractivity contribution in [2.75, 3.05) is 26.2 Å². The molecule has 0 radical (unpaired) electrons. The second kappa shape index (κ2) is 9.13. The molecule has 1 aliphatic carbocycles. The maximum atomic E-state index is 12.6. The maximum Gasteiger partial charge on any atom is 0.387 e. The van der Waals surface area contributed by atoms with Crippen LogP contribution in [0.15, 0.2) is 22.7 Å². The zero-order valence-corrected chi connectivity index (χ0v) is 16.4. The van der Waals surface area contributed by atoms with Crippen LogP contribution in [0.4, 0.5) is 8.78 Å². The molecule has 0 atom stereocenters. The lowest BCUT2D eigenvalue weighted by atomic mass is 10.0. The number of hydrogen-bond acceptors (Lipinski definition) is 3. The molecule has 7 heteroatoms. The van der Waals surface area contributed by atoms with Gasteiger partial charge in [0.25, 0.3) is 0 Å². The predicted molar refractivity (Wildman–Crippen MR) is 99.2 cm³/mol. The second-order valence-corrected chi connectivity index (χ2v) is 8.06. The standard InChI is InChI=1S/C19H25BrF2N2O2/c20-16-5-6-17(26-19(21)22)15(12-16)13-23-7-9-24(10-8-23)18(25)11-14-3-1-2-4-14/h5-6,12,14,19H,1-4,7-11,13H2. The Hall–Kier alpha value is -1.21. The van der Waals surface area contributed by atoms with Crippen molar-refractivity contribution in [3.63, 3.8) is 0 Å². The van der Waals surface area contributed by atoms with Crippen molar-refractivity contribution in [2.45, 2.75) is 45.3 Å². The molecule has 1 saturated carbocycles. The van der Waals surface area contributed by atoms with Gasteiger partial charge in [0.05, 0.1) is 0 Å². The Morgan fingerprint density at radius 2 is 1.88 bits per heavy atom. The molecule has 26 heavy (non-hydrogen) atoms. The first-order valence-electron chi connectivity index (χ1n) is 9.24. The number of nitrogens with zero attached hydrogens (tertiary/aromatic N) is 2. The summed E-state index contributed by atoms with van der Waals surface area (Å²) in [7, 11) is 0. The minimum Gasteiger partial charge on any atom is -0.434 e. The third-order valence-corrected chi connectivity index (χ3v) is 5.79. The SMILES string of the molecule is O=C(CC1CCCC1)N1CCN(Cc2cc(Br)ccc2OC(F)F)CC1. The monoisotopic (exact) mass is 430 g/mol. The van der Waals surface area contributed by atoms with Gasteiger partial charge in [0.2, 0.25) is 5.91 Å². The highest BCUT2D eigenvalue weighted by Crippen LogP contribution is 2.29. The van der Waals surface area contributed by atoms with E-state index >= 15 is 0 Å². The molecule has 4 nitrogen and oxygen atoms in total. The highest BCUT2D eigenvalue weighted by atomic mass is 79.9. The number of carbonyl (C=O) groups is 1. The minimum absolute atomic E-state index is 0.211. The zero-order valence-electron chi connectivity index (χ0n) is 14.8. The largest absolute Gasteiger partial charge is 0.434 e. The van der Waals surface area contributed by atoms with Crippen LogP contribution in [0.1, 0.15) is 37.7 Å². The quantitative estimate of drug-likeness (QED) is 0.675. The summed E-state index contributed by atoms with van der Waals surface area (Å²) < 4.78 is 30.7. The Morgan fingerprint density at radius 3 is 2.54 bits per heavy atom. The summed E-state index contributed by atoms with van der Waals surface area (Å²) in [6.07, 6.45) is 5.55. The van der Waals surface area contributed by atoms with Gasteiger partial charge in [-0.05, 0) is 37.0 Å². The molecule has 3 rings (SSSR count). The van der Waals surface area contributed by atoms with Crippen molar-refractivity contribution in [3.8, 4) is 5.75 Å². The number of halogens is 3. The Bertz CT molecular complexity index is 616. The molecule has 144 valence electrons. The Kier molecular flexibility index (Phi) is 6.86. The van der Waals surface area contributed by atoms with Crippen LogP contribution >= 0.6 is 15.9 Å². The average Bonchev–Trinajstić information content (AvgIpc) is 3.10. The lowest BCUT2D eigenvalue weighted by molar-refractivity contribution is -0.134. The smallest absolute Gasteiger partial charge is 0.387 e. The summed E-state index contributed by atoms with van der Waals surface area (Å²) >= 11 is 3.38. The molecular formula is C19H25BrF2N2O2. The van der Waals surface area contributed by atoms with Gasteiger partial charge >= 0.3 is 6.61 Å². The molecule has 0 aromatic heterocycles. The van der Waals surface area contributed by atoms with Crippen molar-refractivity contribution in [3.05, 3.63) is 28.2 Å². The molecule has 2 aliphatic rings. The molecular weight excluding hydrogens is 406 g/mol. The van der Waals surface area contributed by atoms with E-state index in [4.69, 9.17) is 0 Å². The fraction of sp³-hybridized carbons (Fsp3) is 0.632. The Balaban J connectivity index is 1.52. The van der Waals surface area contributed by atoms with Crippen LogP contribution in [-0.2, 0) is 11.3 Å². The normalized spacial score (nSPS) is 19.3. The van der Waals surface area contributed by atoms with Crippen LogP contribution in [0.25, 0.3) is 0 Å². The highest BCUT2D eigenvalue weighted by Gasteiger charge is 2.25. The number of alkyl halides is 2. The van der Waals surface area contributed by atoms with E-state index in [1.54, 1.807) is 12.1 Å².